The number of hydrogen-bond donors (Lipinski definition) is 2. The molecule has 0 aromatic heterocycles. The van der Waals surface area contributed by atoms with Crippen molar-refractivity contribution in [2.45, 2.75) is 31.7 Å². The van der Waals surface area contributed by atoms with Crippen LogP contribution in [0.4, 0.5) is 0 Å². The first-order valence-corrected chi connectivity index (χ1v) is 6.47. The molecule has 3 heteroatoms. The van der Waals surface area contributed by atoms with Gasteiger partial charge in [-0.3, -0.25) is 0 Å². The Morgan fingerprint density at radius 3 is 2.47 bits per heavy atom. The highest BCUT2D eigenvalue weighted by Crippen LogP contribution is 2.18. The van der Waals surface area contributed by atoms with E-state index in [1.54, 1.807) is 0 Å². The van der Waals surface area contributed by atoms with Gasteiger partial charge in [0.1, 0.15) is 0 Å². The van der Waals surface area contributed by atoms with Gasteiger partial charge in [0.15, 0.2) is 0 Å². The summed E-state index contributed by atoms with van der Waals surface area (Å²) in [5.74, 6) is 0.919. The predicted molar refractivity (Wildman–Crippen MR) is 64.1 cm³/mol. The number of nitrogens with one attached hydrogen (secondary N) is 2. The first-order valence-electron chi connectivity index (χ1n) is 6.47. The van der Waals surface area contributed by atoms with Crippen molar-refractivity contribution in [1.82, 2.24) is 15.5 Å². The minimum atomic E-state index is 0.857. The van der Waals surface area contributed by atoms with Crippen molar-refractivity contribution in [1.29, 1.82) is 0 Å². The Kier molecular flexibility index (Phi) is 4.42. The summed E-state index contributed by atoms with van der Waals surface area (Å²) in [6, 6.07) is 0.857. The third kappa shape index (κ3) is 4.49. The van der Waals surface area contributed by atoms with Crippen molar-refractivity contribution in [2.75, 3.05) is 39.8 Å². The summed E-state index contributed by atoms with van der Waals surface area (Å²) < 4.78 is 0. The second-order valence-electron chi connectivity index (χ2n) is 5.18. The standard InChI is InChI=1S/C12H25N3/c1-15-8-4-11(5-9-15)10-13-6-7-14-12-2-3-12/h11-14H,2-10H2,1H3. The minimum Gasteiger partial charge on any atom is -0.315 e. The van der Waals surface area contributed by atoms with Gasteiger partial charge in [0.05, 0.1) is 0 Å². The lowest BCUT2D eigenvalue weighted by atomic mass is 9.97. The van der Waals surface area contributed by atoms with Crippen molar-refractivity contribution in [2.24, 2.45) is 5.92 Å². The summed E-state index contributed by atoms with van der Waals surface area (Å²) >= 11 is 0. The topological polar surface area (TPSA) is 27.3 Å². The maximum atomic E-state index is 3.57. The van der Waals surface area contributed by atoms with Gasteiger partial charge in [-0.25, -0.2) is 0 Å². The Morgan fingerprint density at radius 2 is 1.80 bits per heavy atom. The zero-order valence-corrected chi connectivity index (χ0v) is 9.97. The normalized spacial score (nSPS) is 24.6. The quantitative estimate of drug-likeness (QED) is 0.632. The van der Waals surface area contributed by atoms with Crippen LogP contribution in [-0.4, -0.2) is 50.7 Å². The molecule has 2 fully saturated rings. The van der Waals surface area contributed by atoms with Crippen LogP contribution < -0.4 is 10.6 Å². The van der Waals surface area contributed by atoms with Gasteiger partial charge in [-0.2, -0.15) is 0 Å². The van der Waals surface area contributed by atoms with E-state index in [1.165, 1.54) is 45.3 Å². The lowest BCUT2D eigenvalue weighted by molar-refractivity contribution is 0.216. The van der Waals surface area contributed by atoms with Crippen molar-refractivity contribution in [3.05, 3.63) is 0 Å². The highest BCUT2D eigenvalue weighted by molar-refractivity contribution is 4.81. The van der Waals surface area contributed by atoms with Crippen LogP contribution in [0.5, 0.6) is 0 Å². The molecule has 1 saturated heterocycles. The Labute approximate surface area is 93.6 Å². The Hall–Kier alpha value is -0.120. The van der Waals surface area contributed by atoms with Crippen LogP contribution in [0.25, 0.3) is 0 Å². The van der Waals surface area contributed by atoms with Gasteiger partial charge in [-0.1, -0.05) is 0 Å². The number of hydrogen-bond acceptors (Lipinski definition) is 3. The molecule has 2 N–H and O–H groups in total. The molecule has 0 bridgehead atoms. The van der Waals surface area contributed by atoms with Crippen molar-refractivity contribution >= 4 is 0 Å². The summed E-state index contributed by atoms with van der Waals surface area (Å²) in [7, 11) is 2.23. The minimum absolute atomic E-state index is 0.857. The largest absolute Gasteiger partial charge is 0.315 e. The lowest BCUT2D eigenvalue weighted by Gasteiger charge is -2.29. The molecule has 0 spiro atoms. The van der Waals surface area contributed by atoms with Gasteiger partial charge < -0.3 is 15.5 Å². The molecule has 0 atom stereocenters. The second-order valence-corrected chi connectivity index (χ2v) is 5.18. The fraction of sp³-hybridized carbons (Fsp3) is 1.00. The third-order valence-electron chi connectivity index (χ3n) is 3.58. The summed E-state index contributed by atoms with van der Waals surface area (Å²) in [5, 5.41) is 7.10. The van der Waals surface area contributed by atoms with Crippen molar-refractivity contribution in [3.63, 3.8) is 0 Å². The smallest absolute Gasteiger partial charge is 0.00793 e. The molecular formula is C12H25N3. The number of likely N-dealkylation sites (tertiary alicyclic amines) is 1. The molecule has 2 rings (SSSR count). The fourth-order valence-corrected chi connectivity index (χ4v) is 2.22. The molecule has 15 heavy (non-hydrogen) atoms. The molecule has 0 amide bonds. The molecule has 1 aliphatic carbocycles. The molecular weight excluding hydrogens is 186 g/mol. The van der Waals surface area contributed by atoms with Crippen LogP contribution in [0.15, 0.2) is 0 Å². The fourth-order valence-electron chi connectivity index (χ4n) is 2.22. The van der Waals surface area contributed by atoms with Gasteiger partial charge in [-0.15, -0.1) is 0 Å². The summed E-state index contributed by atoms with van der Waals surface area (Å²) in [5.41, 5.74) is 0. The van der Waals surface area contributed by atoms with Gasteiger partial charge >= 0.3 is 0 Å². The van der Waals surface area contributed by atoms with Crippen LogP contribution in [-0.2, 0) is 0 Å². The molecule has 88 valence electrons. The second kappa shape index (κ2) is 5.83. The van der Waals surface area contributed by atoms with Crippen LogP contribution in [0.3, 0.4) is 0 Å². The van der Waals surface area contributed by atoms with E-state index in [0.717, 1.165) is 25.0 Å². The lowest BCUT2D eigenvalue weighted by Crippen LogP contribution is -2.37. The first kappa shape index (κ1) is 11.4. The molecule has 0 aromatic rings. The monoisotopic (exact) mass is 211 g/mol. The third-order valence-corrected chi connectivity index (χ3v) is 3.58. The molecule has 2 aliphatic rings. The maximum Gasteiger partial charge on any atom is 0.00793 e. The Bertz CT molecular complexity index is 172. The average molecular weight is 211 g/mol. The number of nitrogens with zero attached hydrogens (tertiary/aromatic N) is 1. The SMILES string of the molecule is CN1CCC(CNCCNC2CC2)CC1. The van der Waals surface area contributed by atoms with Gasteiger partial charge in [0, 0.05) is 19.1 Å². The number of piperidine rings is 1. The Morgan fingerprint density at radius 1 is 1.07 bits per heavy atom. The van der Waals surface area contributed by atoms with Crippen LogP contribution in [0, 0.1) is 5.92 Å². The zero-order chi connectivity index (χ0) is 10.5. The maximum absolute atomic E-state index is 3.57. The van der Waals surface area contributed by atoms with Crippen molar-refractivity contribution < 1.29 is 0 Å². The molecule has 0 aromatic carbocycles. The molecule has 3 nitrogen and oxygen atoms in total. The van der Waals surface area contributed by atoms with E-state index in [2.05, 4.69) is 22.6 Å². The predicted octanol–water partition coefficient (Wildman–Crippen LogP) is 0.670. The molecule has 0 radical (unpaired) electrons. The zero-order valence-electron chi connectivity index (χ0n) is 9.97. The molecule has 1 saturated carbocycles. The highest BCUT2D eigenvalue weighted by Gasteiger charge is 2.19. The molecule has 1 heterocycles. The van der Waals surface area contributed by atoms with Gasteiger partial charge in [-0.05, 0) is 58.3 Å². The van der Waals surface area contributed by atoms with Crippen LogP contribution >= 0.6 is 0 Å². The summed E-state index contributed by atoms with van der Waals surface area (Å²) in [6.45, 7) is 6.08. The number of rotatable bonds is 6. The van der Waals surface area contributed by atoms with E-state index >= 15 is 0 Å². The van der Waals surface area contributed by atoms with Gasteiger partial charge in [0.25, 0.3) is 0 Å². The van der Waals surface area contributed by atoms with Crippen LogP contribution in [0.1, 0.15) is 25.7 Å². The molecule has 0 unspecified atom stereocenters. The van der Waals surface area contributed by atoms with E-state index in [4.69, 9.17) is 0 Å². The Balaban J connectivity index is 1.43. The summed E-state index contributed by atoms with van der Waals surface area (Å²) in [6.07, 6.45) is 5.54. The molecule has 1 aliphatic heterocycles. The van der Waals surface area contributed by atoms with Gasteiger partial charge in [0.2, 0.25) is 0 Å². The first-order chi connectivity index (χ1) is 7.34. The summed E-state index contributed by atoms with van der Waals surface area (Å²) in [4.78, 5) is 2.44. The average Bonchev–Trinajstić information content (AvgIpc) is 3.04. The van der Waals surface area contributed by atoms with Crippen molar-refractivity contribution in [3.8, 4) is 0 Å². The van der Waals surface area contributed by atoms with E-state index < -0.39 is 0 Å². The van der Waals surface area contributed by atoms with E-state index in [0.29, 0.717) is 0 Å². The van der Waals surface area contributed by atoms with E-state index in [9.17, 15) is 0 Å². The van der Waals surface area contributed by atoms with Crippen LogP contribution in [0.2, 0.25) is 0 Å². The highest BCUT2D eigenvalue weighted by atomic mass is 15.1. The van der Waals surface area contributed by atoms with E-state index in [-0.39, 0.29) is 0 Å². The van der Waals surface area contributed by atoms with E-state index in [1.807, 2.05) is 0 Å².